The molecule has 1 amide bonds. The maximum absolute atomic E-state index is 11.8. The lowest BCUT2D eigenvalue weighted by Gasteiger charge is -2.40. The highest BCUT2D eigenvalue weighted by Gasteiger charge is 2.27. The van der Waals surface area contributed by atoms with Gasteiger partial charge in [0.25, 0.3) is 5.91 Å². The first-order valence-corrected chi connectivity index (χ1v) is 11.8. The monoisotopic (exact) mass is 541 g/mol. The summed E-state index contributed by atoms with van der Waals surface area (Å²) in [6.07, 6.45) is 10.2. The second-order valence-corrected chi connectivity index (χ2v) is 8.56. The van der Waals surface area contributed by atoms with Crippen LogP contribution in [0.25, 0.3) is 0 Å². The van der Waals surface area contributed by atoms with Crippen molar-refractivity contribution >= 4 is 35.8 Å². The first-order chi connectivity index (χ1) is 14.7. The number of benzene rings is 1. The van der Waals surface area contributed by atoms with E-state index >= 15 is 0 Å². The first kappa shape index (κ1) is 25.9. The zero-order chi connectivity index (χ0) is 21.2. The SMILES string of the molecule is CCNC(=NCCc1cccc(C(=O)NC)c1)NC1CCCN(C2CCCCC2)C1.I. The molecule has 1 unspecified atom stereocenters. The second-order valence-electron chi connectivity index (χ2n) is 8.56. The Morgan fingerprint density at radius 2 is 1.97 bits per heavy atom. The van der Waals surface area contributed by atoms with Gasteiger partial charge in [-0.15, -0.1) is 24.0 Å². The van der Waals surface area contributed by atoms with Crippen LogP contribution in [0.3, 0.4) is 0 Å². The third-order valence-electron chi connectivity index (χ3n) is 6.32. The molecule has 6 nitrogen and oxygen atoms in total. The number of halogens is 1. The number of aliphatic imine (C=N–C) groups is 1. The molecule has 1 aliphatic carbocycles. The van der Waals surface area contributed by atoms with Gasteiger partial charge in [0.1, 0.15) is 0 Å². The zero-order valence-electron chi connectivity index (χ0n) is 19.2. The summed E-state index contributed by atoms with van der Waals surface area (Å²) in [7, 11) is 1.66. The Morgan fingerprint density at radius 1 is 1.16 bits per heavy atom. The minimum Gasteiger partial charge on any atom is -0.357 e. The summed E-state index contributed by atoms with van der Waals surface area (Å²) in [5, 5.41) is 9.77. The van der Waals surface area contributed by atoms with Gasteiger partial charge < -0.3 is 16.0 Å². The predicted molar refractivity (Wildman–Crippen MR) is 140 cm³/mol. The lowest BCUT2D eigenvalue weighted by Crippen LogP contribution is -2.53. The van der Waals surface area contributed by atoms with E-state index in [9.17, 15) is 4.79 Å². The maximum Gasteiger partial charge on any atom is 0.251 e. The third kappa shape index (κ3) is 8.25. The summed E-state index contributed by atoms with van der Waals surface area (Å²) >= 11 is 0. The molecule has 1 heterocycles. The Hall–Kier alpha value is -1.35. The van der Waals surface area contributed by atoms with Crippen LogP contribution in [0, 0.1) is 0 Å². The molecule has 1 aliphatic heterocycles. The van der Waals surface area contributed by atoms with Crippen molar-refractivity contribution in [3.8, 4) is 0 Å². The minimum absolute atomic E-state index is 0. The molecular formula is C24H40IN5O. The van der Waals surface area contributed by atoms with E-state index in [0.717, 1.165) is 37.1 Å². The minimum atomic E-state index is -0.0461. The Bertz CT molecular complexity index is 705. The van der Waals surface area contributed by atoms with Gasteiger partial charge in [-0.1, -0.05) is 31.4 Å². The summed E-state index contributed by atoms with van der Waals surface area (Å²) in [6.45, 7) is 6.04. The molecular weight excluding hydrogens is 501 g/mol. The van der Waals surface area contributed by atoms with E-state index in [1.807, 2.05) is 18.2 Å². The van der Waals surface area contributed by atoms with Gasteiger partial charge in [-0.3, -0.25) is 14.7 Å². The van der Waals surface area contributed by atoms with Crippen molar-refractivity contribution in [3.63, 3.8) is 0 Å². The Balaban J connectivity index is 0.00000341. The van der Waals surface area contributed by atoms with Crippen LogP contribution in [0.2, 0.25) is 0 Å². The Morgan fingerprint density at radius 3 is 2.71 bits per heavy atom. The summed E-state index contributed by atoms with van der Waals surface area (Å²) in [5.41, 5.74) is 1.84. The Labute approximate surface area is 205 Å². The van der Waals surface area contributed by atoms with Gasteiger partial charge in [0.2, 0.25) is 0 Å². The average Bonchev–Trinajstić information content (AvgIpc) is 2.79. The molecule has 2 aliphatic rings. The van der Waals surface area contributed by atoms with E-state index in [1.54, 1.807) is 7.05 Å². The number of nitrogens with one attached hydrogen (secondary N) is 3. The molecule has 0 radical (unpaired) electrons. The van der Waals surface area contributed by atoms with Crippen molar-refractivity contribution in [1.29, 1.82) is 0 Å². The van der Waals surface area contributed by atoms with Crippen LogP contribution in [0.15, 0.2) is 29.3 Å². The van der Waals surface area contributed by atoms with E-state index in [0.29, 0.717) is 18.2 Å². The molecule has 0 bridgehead atoms. The van der Waals surface area contributed by atoms with Crippen molar-refractivity contribution in [1.82, 2.24) is 20.9 Å². The maximum atomic E-state index is 11.8. The van der Waals surface area contributed by atoms with E-state index in [1.165, 1.54) is 51.5 Å². The highest BCUT2D eigenvalue weighted by Crippen LogP contribution is 2.25. The van der Waals surface area contributed by atoms with Gasteiger partial charge in [-0.25, -0.2) is 0 Å². The highest BCUT2D eigenvalue weighted by atomic mass is 127. The van der Waals surface area contributed by atoms with E-state index in [2.05, 4.69) is 33.8 Å². The molecule has 1 aromatic carbocycles. The van der Waals surface area contributed by atoms with Crippen molar-refractivity contribution < 1.29 is 4.79 Å². The molecule has 7 heteroatoms. The third-order valence-corrected chi connectivity index (χ3v) is 6.32. The van der Waals surface area contributed by atoms with Crippen LogP contribution < -0.4 is 16.0 Å². The van der Waals surface area contributed by atoms with Crippen LogP contribution in [-0.2, 0) is 6.42 Å². The molecule has 0 spiro atoms. The topological polar surface area (TPSA) is 68.8 Å². The zero-order valence-corrected chi connectivity index (χ0v) is 21.5. The average molecular weight is 542 g/mol. The fourth-order valence-electron chi connectivity index (χ4n) is 4.72. The molecule has 1 atom stereocenters. The van der Waals surface area contributed by atoms with Gasteiger partial charge in [-0.05, 0) is 63.3 Å². The fraction of sp³-hybridized carbons (Fsp3) is 0.667. The number of amides is 1. The van der Waals surface area contributed by atoms with Crippen molar-refractivity contribution in [3.05, 3.63) is 35.4 Å². The standard InChI is InChI=1S/C24H39N5O.HI/c1-3-26-24(27-15-14-19-9-7-10-20(17-19)23(30)25-2)28-21-11-8-16-29(18-21)22-12-5-4-6-13-22;/h7,9-10,17,21-22H,3-6,8,11-16,18H2,1-2H3,(H,25,30)(H2,26,27,28);1H. The number of carbonyl (C=O) groups excluding carboxylic acids is 1. The van der Waals surface area contributed by atoms with Crippen LogP contribution in [0.5, 0.6) is 0 Å². The normalized spacial score (nSPS) is 20.6. The van der Waals surface area contributed by atoms with Crippen LogP contribution in [0.1, 0.15) is 67.8 Å². The van der Waals surface area contributed by atoms with Crippen LogP contribution in [-0.4, -0.2) is 62.1 Å². The number of hydrogen-bond acceptors (Lipinski definition) is 3. The lowest BCUT2D eigenvalue weighted by atomic mass is 9.92. The summed E-state index contributed by atoms with van der Waals surface area (Å²) < 4.78 is 0. The molecule has 3 N–H and O–H groups in total. The molecule has 174 valence electrons. The van der Waals surface area contributed by atoms with Gasteiger partial charge in [0.15, 0.2) is 5.96 Å². The quantitative estimate of drug-likeness (QED) is 0.281. The second kappa shape index (κ2) is 13.9. The number of guanidine groups is 1. The molecule has 1 saturated heterocycles. The van der Waals surface area contributed by atoms with Gasteiger partial charge in [-0.2, -0.15) is 0 Å². The van der Waals surface area contributed by atoms with Crippen LogP contribution >= 0.6 is 24.0 Å². The molecule has 31 heavy (non-hydrogen) atoms. The van der Waals surface area contributed by atoms with E-state index < -0.39 is 0 Å². The van der Waals surface area contributed by atoms with Crippen molar-refractivity contribution in [2.24, 2.45) is 4.99 Å². The summed E-state index contributed by atoms with van der Waals surface area (Å²) in [5.74, 6) is 0.866. The number of likely N-dealkylation sites (tertiary alicyclic amines) is 1. The molecule has 0 aromatic heterocycles. The van der Waals surface area contributed by atoms with E-state index in [4.69, 9.17) is 4.99 Å². The van der Waals surface area contributed by atoms with Crippen molar-refractivity contribution in [2.45, 2.75) is 70.4 Å². The summed E-state index contributed by atoms with van der Waals surface area (Å²) in [6, 6.07) is 9.06. The number of nitrogens with zero attached hydrogens (tertiary/aromatic N) is 2. The highest BCUT2D eigenvalue weighted by molar-refractivity contribution is 14.0. The van der Waals surface area contributed by atoms with Gasteiger partial charge in [0, 0.05) is 44.3 Å². The van der Waals surface area contributed by atoms with Gasteiger partial charge >= 0.3 is 0 Å². The van der Waals surface area contributed by atoms with Crippen LogP contribution in [0.4, 0.5) is 0 Å². The molecule has 1 aromatic rings. The lowest BCUT2D eigenvalue weighted by molar-refractivity contribution is 0.0963. The van der Waals surface area contributed by atoms with Gasteiger partial charge in [0.05, 0.1) is 0 Å². The number of carbonyl (C=O) groups is 1. The van der Waals surface area contributed by atoms with Crippen molar-refractivity contribution in [2.75, 3.05) is 33.2 Å². The number of rotatable bonds is 7. The predicted octanol–water partition coefficient (Wildman–Crippen LogP) is 3.56. The summed E-state index contributed by atoms with van der Waals surface area (Å²) in [4.78, 5) is 19.4. The fourth-order valence-corrected chi connectivity index (χ4v) is 4.72. The first-order valence-electron chi connectivity index (χ1n) is 11.8. The largest absolute Gasteiger partial charge is 0.357 e. The Kier molecular flexibility index (Phi) is 11.6. The smallest absolute Gasteiger partial charge is 0.251 e. The molecule has 3 rings (SSSR count). The number of hydrogen-bond donors (Lipinski definition) is 3. The molecule has 2 fully saturated rings. The molecule has 1 saturated carbocycles. The number of piperidine rings is 1. The van der Waals surface area contributed by atoms with E-state index in [-0.39, 0.29) is 29.9 Å².